The number of para-hydroxylation sites is 2. The molecule has 2 atom stereocenters. The van der Waals surface area contributed by atoms with Gasteiger partial charge in [0.1, 0.15) is 0 Å². The molecule has 0 fully saturated rings. The second-order valence-corrected chi connectivity index (χ2v) is 8.55. The molecule has 0 radical (unpaired) electrons. The van der Waals surface area contributed by atoms with Crippen molar-refractivity contribution in [1.29, 1.82) is 0 Å². The zero-order valence-electron chi connectivity index (χ0n) is 15.9. The number of hydrogen-bond acceptors (Lipinski definition) is 3. The molecule has 5 rings (SSSR count). The van der Waals surface area contributed by atoms with Gasteiger partial charge in [-0.05, 0) is 47.7 Å². The van der Waals surface area contributed by atoms with E-state index < -0.39 is 0 Å². The van der Waals surface area contributed by atoms with E-state index in [1.54, 1.807) is 0 Å². The highest BCUT2D eigenvalue weighted by Crippen LogP contribution is 2.44. The Hall–Kier alpha value is -2.85. The molecule has 1 aliphatic carbocycles. The number of anilines is 2. The topological polar surface area (TPSA) is 41.1 Å². The lowest BCUT2D eigenvalue weighted by atomic mass is 9.78. The lowest BCUT2D eigenvalue weighted by Crippen LogP contribution is -2.26. The maximum absolute atomic E-state index is 13.4. The second kappa shape index (κ2) is 7.53. The molecular weight excluding hydrogens is 424 g/mol. The van der Waals surface area contributed by atoms with Crippen LogP contribution in [0.3, 0.4) is 0 Å². The van der Waals surface area contributed by atoms with Gasteiger partial charge in [0.2, 0.25) is 0 Å². The number of ketones is 1. The highest BCUT2D eigenvalue weighted by atomic mass is 79.9. The summed E-state index contributed by atoms with van der Waals surface area (Å²) in [5.41, 5.74) is 6.20. The van der Waals surface area contributed by atoms with Crippen LogP contribution in [0.1, 0.15) is 35.9 Å². The summed E-state index contributed by atoms with van der Waals surface area (Å²) in [6, 6.07) is 26.5. The quantitative estimate of drug-likeness (QED) is 0.478. The van der Waals surface area contributed by atoms with Gasteiger partial charge < -0.3 is 10.6 Å². The molecule has 0 bridgehead atoms. The summed E-state index contributed by atoms with van der Waals surface area (Å²) >= 11 is 3.58. The Balaban J connectivity index is 1.63. The summed E-state index contributed by atoms with van der Waals surface area (Å²) in [5, 5.41) is 7.22. The van der Waals surface area contributed by atoms with Crippen molar-refractivity contribution in [1.82, 2.24) is 0 Å². The largest absolute Gasteiger partial charge is 0.372 e. The molecule has 1 aliphatic heterocycles. The highest BCUT2D eigenvalue weighted by molar-refractivity contribution is 9.10. The number of halogens is 1. The second-order valence-electron chi connectivity index (χ2n) is 7.63. The van der Waals surface area contributed by atoms with Crippen molar-refractivity contribution in [2.75, 3.05) is 10.6 Å². The number of fused-ring (bicyclic) bond motifs is 1. The first-order valence-electron chi connectivity index (χ1n) is 9.88. The van der Waals surface area contributed by atoms with Crippen molar-refractivity contribution in [3.05, 3.63) is 106 Å². The Bertz CT molecular complexity index is 1110. The molecule has 0 amide bonds. The minimum atomic E-state index is -0.178. The van der Waals surface area contributed by atoms with Gasteiger partial charge in [0.25, 0.3) is 0 Å². The highest BCUT2D eigenvalue weighted by Gasteiger charge is 2.35. The zero-order chi connectivity index (χ0) is 19.8. The van der Waals surface area contributed by atoms with Crippen molar-refractivity contribution < 1.29 is 4.79 Å². The molecule has 3 aromatic carbocycles. The predicted octanol–water partition coefficient (Wildman–Crippen LogP) is 6.43. The number of rotatable bonds is 2. The maximum Gasteiger partial charge on any atom is 0.163 e. The third-order valence-electron chi connectivity index (χ3n) is 5.76. The van der Waals surface area contributed by atoms with Gasteiger partial charge >= 0.3 is 0 Å². The van der Waals surface area contributed by atoms with E-state index in [0.29, 0.717) is 6.42 Å². The van der Waals surface area contributed by atoms with Gasteiger partial charge in [0.05, 0.1) is 17.4 Å². The number of benzene rings is 3. The smallest absolute Gasteiger partial charge is 0.163 e. The number of allylic oxidation sites excluding steroid dienone is 1. The van der Waals surface area contributed by atoms with Crippen LogP contribution >= 0.6 is 15.9 Å². The van der Waals surface area contributed by atoms with Crippen LogP contribution in [0.15, 0.2) is 94.6 Å². The van der Waals surface area contributed by atoms with Crippen LogP contribution in [-0.4, -0.2) is 5.78 Å². The molecule has 144 valence electrons. The zero-order valence-corrected chi connectivity index (χ0v) is 17.4. The van der Waals surface area contributed by atoms with Gasteiger partial charge in [0, 0.05) is 22.2 Å². The lowest BCUT2D eigenvalue weighted by Gasteiger charge is -2.30. The third kappa shape index (κ3) is 3.49. The maximum atomic E-state index is 13.4. The first-order chi connectivity index (χ1) is 14.2. The van der Waals surface area contributed by atoms with Crippen LogP contribution in [0.4, 0.5) is 11.4 Å². The van der Waals surface area contributed by atoms with E-state index in [1.807, 2.05) is 42.5 Å². The minimum absolute atomic E-state index is 0.178. The molecule has 0 unspecified atom stereocenters. The van der Waals surface area contributed by atoms with Gasteiger partial charge in [-0.25, -0.2) is 0 Å². The van der Waals surface area contributed by atoms with Gasteiger partial charge in [0.15, 0.2) is 5.78 Å². The van der Waals surface area contributed by atoms with Crippen molar-refractivity contribution in [3.8, 4) is 0 Å². The van der Waals surface area contributed by atoms with Crippen molar-refractivity contribution in [2.24, 2.45) is 0 Å². The molecule has 0 saturated heterocycles. The Morgan fingerprint density at radius 1 is 0.793 bits per heavy atom. The lowest BCUT2D eigenvalue weighted by molar-refractivity contribution is -0.116. The average Bonchev–Trinajstić information content (AvgIpc) is 2.91. The molecule has 2 N–H and O–H groups in total. The monoisotopic (exact) mass is 444 g/mol. The van der Waals surface area contributed by atoms with Crippen molar-refractivity contribution in [2.45, 2.75) is 24.8 Å². The number of hydrogen-bond donors (Lipinski definition) is 2. The Kier molecular flexibility index (Phi) is 4.72. The van der Waals surface area contributed by atoms with E-state index in [9.17, 15) is 4.79 Å². The normalized spacial score (nSPS) is 20.8. The number of carbonyl (C=O) groups is 1. The van der Waals surface area contributed by atoms with Gasteiger partial charge in [-0.3, -0.25) is 4.79 Å². The van der Waals surface area contributed by atoms with Crippen molar-refractivity contribution >= 4 is 33.1 Å². The molecule has 1 heterocycles. The van der Waals surface area contributed by atoms with Gasteiger partial charge in [-0.15, -0.1) is 0 Å². The summed E-state index contributed by atoms with van der Waals surface area (Å²) in [6.07, 6.45) is 1.36. The molecular formula is C25H21BrN2O. The minimum Gasteiger partial charge on any atom is -0.372 e. The first kappa shape index (κ1) is 18.2. The average molecular weight is 445 g/mol. The van der Waals surface area contributed by atoms with Crippen molar-refractivity contribution in [3.63, 3.8) is 0 Å². The van der Waals surface area contributed by atoms with Gasteiger partial charge in [-0.2, -0.15) is 0 Å². The molecule has 4 heteroatoms. The summed E-state index contributed by atoms with van der Waals surface area (Å²) in [7, 11) is 0. The fraction of sp³-hybridized carbons (Fsp3) is 0.160. The third-order valence-corrected chi connectivity index (χ3v) is 6.26. The van der Waals surface area contributed by atoms with Gasteiger partial charge in [-0.1, -0.05) is 70.5 Å². The number of nitrogens with one attached hydrogen (secondary N) is 2. The fourth-order valence-corrected chi connectivity index (χ4v) is 4.81. The first-order valence-corrected chi connectivity index (χ1v) is 10.7. The number of carbonyl (C=O) groups excluding carboxylic acids is 1. The van der Waals surface area contributed by atoms with E-state index in [-0.39, 0.29) is 17.7 Å². The molecule has 3 aromatic rings. The van der Waals surface area contributed by atoms with Crippen LogP contribution < -0.4 is 10.6 Å². The SMILES string of the molecule is O=C1C[C@H](c2ccccc2)CC2=C1[C@H](c1cccc(Br)c1)Nc1ccccc1N2. The summed E-state index contributed by atoms with van der Waals surface area (Å²) in [6.45, 7) is 0. The van der Waals surface area contributed by atoms with Crippen LogP contribution in [0.2, 0.25) is 0 Å². The molecule has 0 spiro atoms. The summed E-state index contributed by atoms with van der Waals surface area (Å²) in [5.74, 6) is 0.404. The van der Waals surface area contributed by atoms with E-state index in [4.69, 9.17) is 0 Å². The van der Waals surface area contributed by atoms with Crippen LogP contribution in [0.5, 0.6) is 0 Å². The predicted molar refractivity (Wildman–Crippen MR) is 121 cm³/mol. The van der Waals surface area contributed by atoms with Crippen LogP contribution in [-0.2, 0) is 4.79 Å². The Morgan fingerprint density at radius 3 is 2.31 bits per heavy atom. The summed E-state index contributed by atoms with van der Waals surface area (Å²) < 4.78 is 1.01. The Labute approximate surface area is 179 Å². The molecule has 29 heavy (non-hydrogen) atoms. The Morgan fingerprint density at radius 2 is 1.52 bits per heavy atom. The van der Waals surface area contributed by atoms with E-state index in [0.717, 1.165) is 39.1 Å². The van der Waals surface area contributed by atoms with E-state index >= 15 is 0 Å². The summed E-state index contributed by atoms with van der Waals surface area (Å²) in [4.78, 5) is 13.4. The molecule has 0 aromatic heterocycles. The standard InChI is InChI=1S/C25H21BrN2O/c26-19-10-6-9-17(13-19)25-24-22(27-20-11-4-5-12-21(20)28-25)14-18(15-23(24)29)16-7-2-1-3-8-16/h1-13,18,25,27-28H,14-15H2/t18-,25+/m1/s1. The fourth-order valence-electron chi connectivity index (χ4n) is 4.39. The van der Waals surface area contributed by atoms with E-state index in [1.165, 1.54) is 5.56 Å². The van der Waals surface area contributed by atoms with E-state index in [2.05, 4.69) is 63.0 Å². The number of Topliss-reactive ketones (excluding diaryl/α,β-unsaturated/α-hetero) is 1. The molecule has 2 aliphatic rings. The van der Waals surface area contributed by atoms with Crippen LogP contribution in [0, 0.1) is 0 Å². The van der Waals surface area contributed by atoms with Crippen LogP contribution in [0.25, 0.3) is 0 Å². The molecule has 0 saturated carbocycles. The molecule has 3 nitrogen and oxygen atoms in total.